The minimum absolute atomic E-state index is 0.0673. The maximum absolute atomic E-state index is 11.5. The van der Waals surface area contributed by atoms with Crippen LogP contribution in [-0.2, 0) is 11.2 Å². The molecule has 0 spiro atoms. The van der Waals surface area contributed by atoms with Gasteiger partial charge in [0.2, 0.25) is 5.91 Å². The van der Waals surface area contributed by atoms with Gasteiger partial charge in [-0.2, -0.15) is 0 Å². The van der Waals surface area contributed by atoms with Crippen LogP contribution in [0.15, 0.2) is 12.1 Å². The number of amides is 1. The predicted molar refractivity (Wildman–Crippen MR) is 69.3 cm³/mol. The lowest BCUT2D eigenvalue weighted by Crippen LogP contribution is -2.19. The van der Waals surface area contributed by atoms with E-state index in [1.54, 1.807) is 21.3 Å². The van der Waals surface area contributed by atoms with E-state index in [4.69, 9.17) is 9.47 Å². The maximum Gasteiger partial charge on any atom is 0.220 e. The van der Waals surface area contributed by atoms with Gasteiger partial charge in [0.05, 0.1) is 14.2 Å². The second kappa shape index (κ2) is 5.29. The smallest absolute Gasteiger partial charge is 0.220 e. The van der Waals surface area contributed by atoms with Crippen LogP contribution in [0.4, 0.5) is 0 Å². The average molecular weight is 249 g/mol. The molecule has 1 atom stereocenters. The first kappa shape index (κ1) is 12.7. The van der Waals surface area contributed by atoms with Gasteiger partial charge in [0.15, 0.2) is 0 Å². The van der Waals surface area contributed by atoms with E-state index in [9.17, 15) is 4.79 Å². The molecule has 1 aromatic rings. The van der Waals surface area contributed by atoms with Crippen LogP contribution in [0, 0.1) is 0 Å². The van der Waals surface area contributed by atoms with Crippen LogP contribution in [0.25, 0.3) is 0 Å². The second-order valence-corrected chi connectivity index (χ2v) is 4.48. The Hall–Kier alpha value is -1.71. The van der Waals surface area contributed by atoms with Crippen LogP contribution in [0.1, 0.15) is 29.9 Å². The zero-order valence-corrected chi connectivity index (χ0v) is 11.1. The number of nitrogens with one attached hydrogen (secondary N) is 1. The molecule has 0 heterocycles. The molecule has 98 valence electrons. The molecule has 0 aliphatic heterocycles. The van der Waals surface area contributed by atoms with Crippen molar-refractivity contribution in [2.75, 3.05) is 21.3 Å². The largest absolute Gasteiger partial charge is 0.496 e. The van der Waals surface area contributed by atoms with Gasteiger partial charge in [0.25, 0.3) is 0 Å². The second-order valence-electron chi connectivity index (χ2n) is 4.48. The summed E-state index contributed by atoms with van der Waals surface area (Å²) < 4.78 is 10.8. The number of methoxy groups -OCH3 is 2. The Bertz CT molecular complexity index is 457. The normalized spacial score (nSPS) is 17.2. The Morgan fingerprint density at radius 1 is 1.33 bits per heavy atom. The molecule has 0 saturated carbocycles. The van der Waals surface area contributed by atoms with Gasteiger partial charge in [-0.25, -0.2) is 0 Å². The highest BCUT2D eigenvalue weighted by molar-refractivity contribution is 5.77. The number of carbonyl (C=O) groups is 1. The lowest BCUT2D eigenvalue weighted by atomic mass is 9.96. The highest BCUT2D eigenvalue weighted by Gasteiger charge is 2.30. The van der Waals surface area contributed by atoms with Gasteiger partial charge >= 0.3 is 0 Å². The molecule has 1 unspecified atom stereocenters. The fourth-order valence-electron chi connectivity index (χ4n) is 2.69. The summed E-state index contributed by atoms with van der Waals surface area (Å²) >= 11 is 0. The van der Waals surface area contributed by atoms with Gasteiger partial charge in [0, 0.05) is 24.6 Å². The molecule has 0 fully saturated rings. The standard InChI is InChI=1S/C14H19NO3/c1-15-13(16)8-9-4-5-10-11(17-2)6-7-12(18-3)14(9)10/h6-7,9H,4-5,8H2,1-3H3,(H,15,16). The SMILES string of the molecule is CNC(=O)CC1CCc2c(OC)ccc(OC)c21. The van der Waals surface area contributed by atoms with E-state index in [2.05, 4.69) is 5.32 Å². The van der Waals surface area contributed by atoms with E-state index in [1.165, 1.54) is 5.56 Å². The number of hydrogen-bond donors (Lipinski definition) is 1. The summed E-state index contributed by atoms with van der Waals surface area (Å²) in [6.45, 7) is 0. The fraction of sp³-hybridized carbons (Fsp3) is 0.500. The van der Waals surface area contributed by atoms with Gasteiger partial charge in [-0.3, -0.25) is 4.79 Å². The minimum Gasteiger partial charge on any atom is -0.496 e. The Labute approximate surface area is 107 Å². The first-order valence-corrected chi connectivity index (χ1v) is 6.15. The molecule has 2 rings (SSSR count). The monoisotopic (exact) mass is 249 g/mol. The Balaban J connectivity index is 2.37. The third-order valence-corrected chi connectivity index (χ3v) is 3.58. The summed E-state index contributed by atoms with van der Waals surface area (Å²) in [5.41, 5.74) is 2.33. The molecule has 4 heteroatoms. The van der Waals surface area contributed by atoms with Crippen LogP contribution in [0.3, 0.4) is 0 Å². The summed E-state index contributed by atoms with van der Waals surface area (Å²) in [5, 5.41) is 2.68. The van der Waals surface area contributed by atoms with Crippen molar-refractivity contribution in [3.05, 3.63) is 23.3 Å². The molecule has 1 amide bonds. The van der Waals surface area contributed by atoms with Gasteiger partial charge in [-0.15, -0.1) is 0 Å². The molecular formula is C14H19NO3. The van der Waals surface area contributed by atoms with Crippen molar-refractivity contribution < 1.29 is 14.3 Å². The van der Waals surface area contributed by atoms with Crippen molar-refractivity contribution in [1.82, 2.24) is 5.32 Å². The van der Waals surface area contributed by atoms with Gasteiger partial charge in [0.1, 0.15) is 11.5 Å². The van der Waals surface area contributed by atoms with Crippen LogP contribution in [0.2, 0.25) is 0 Å². The van der Waals surface area contributed by atoms with E-state index in [0.29, 0.717) is 6.42 Å². The molecule has 1 aliphatic carbocycles. The Morgan fingerprint density at radius 3 is 2.61 bits per heavy atom. The molecule has 18 heavy (non-hydrogen) atoms. The van der Waals surface area contributed by atoms with Crippen molar-refractivity contribution in [3.8, 4) is 11.5 Å². The highest BCUT2D eigenvalue weighted by Crippen LogP contribution is 2.45. The lowest BCUT2D eigenvalue weighted by Gasteiger charge is -2.16. The fourth-order valence-corrected chi connectivity index (χ4v) is 2.69. The summed E-state index contributed by atoms with van der Waals surface area (Å²) in [5.74, 6) is 2.05. The van der Waals surface area contributed by atoms with Crippen molar-refractivity contribution in [3.63, 3.8) is 0 Å². The van der Waals surface area contributed by atoms with E-state index < -0.39 is 0 Å². The summed E-state index contributed by atoms with van der Waals surface area (Å²) in [6, 6.07) is 3.85. The molecule has 4 nitrogen and oxygen atoms in total. The number of ether oxygens (including phenoxy) is 2. The van der Waals surface area contributed by atoms with Crippen molar-refractivity contribution in [2.45, 2.75) is 25.2 Å². The van der Waals surface area contributed by atoms with E-state index in [1.807, 2.05) is 12.1 Å². The quantitative estimate of drug-likeness (QED) is 0.886. The number of fused-ring (bicyclic) bond motifs is 1. The van der Waals surface area contributed by atoms with Crippen LogP contribution in [-0.4, -0.2) is 27.2 Å². The van der Waals surface area contributed by atoms with Crippen molar-refractivity contribution >= 4 is 5.91 Å². The minimum atomic E-state index is 0.0673. The summed E-state index contributed by atoms with van der Waals surface area (Å²) in [7, 11) is 5.01. The first-order valence-electron chi connectivity index (χ1n) is 6.15. The van der Waals surface area contributed by atoms with E-state index in [0.717, 1.165) is 29.9 Å². The number of hydrogen-bond acceptors (Lipinski definition) is 3. The molecule has 0 radical (unpaired) electrons. The molecule has 0 saturated heterocycles. The summed E-state index contributed by atoms with van der Waals surface area (Å²) in [6.07, 6.45) is 2.42. The lowest BCUT2D eigenvalue weighted by molar-refractivity contribution is -0.121. The number of benzene rings is 1. The Kier molecular flexibility index (Phi) is 3.75. The Morgan fingerprint density at radius 2 is 2.00 bits per heavy atom. The van der Waals surface area contributed by atoms with Crippen LogP contribution < -0.4 is 14.8 Å². The first-order chi connectivity index (χ1) is 8.71. The average Bonchev–Trinajstić information content (AvgIpc) is 2.81. The third kappa shape index (κ3) is 2.15. The third-order valence-electron chi connectivity index (χ3n) is 3.58. The van der Waals surface area contributed by atoms with Crippen molar-refractivity contribution in [1.29, 1.82) is 0 Å². The van der Waals surface area contributed by atoms with Gasteiger partial charge in [-0.1, -0.05) is 0 Å². The highest BCUT2D eigenvalue weighted by atomic mass is 16.5. The van der Waals surface area contributed by atoms with Crippen LogP contribution >= 0.6 is 0 Å². The topological polar surface area (TPSA) is 47.6 Å². The predicted octanol–water partition coefficient (Wildman–Crippen LogP) is 1.87. The maximum atomic E-state index is 11.5. The molecule has 1 N–H and O–H groups in total. The zero-order valence-electron chi connectivity index (χ0n) is 11.1. The number of carbonyl (C=O) groups excluding carboxylic acids is 1. The summed E-state index contributed by atoms with van der Waals surface area (Å²) in [4.78, 5) is 11.5. The van der Waals surface area contributed by atoms with Gasteiger partial charge in [-0.05, 0) is 30.9 Å². The van der Waals surface area contributed by atoms with E-state index >= 15 is 0 Å². The molecule has 0 aromatic heterocycles. The number of rotatable bonds is 4. The molecule has 1 aromatic carbocycles. The van der Waals surface area contributed by atoms with Crippen LogP contribution in [0.5, 0.6) is 11.5 Å². The van der Waals surface area contributed by atoms with Gasteiger partial charge < -0.3 is 14.8 Å². The zero-order chi connectivity index (χ0) is 13.1. The molecule has 1 aliphatic rings. The molecule has 0 bridgehead atoms. The van der Waals surface area contributed by atoms with E-state index in [-0.39, 0.29) is 11.8 Å². The molecular weight excluding hydrogens is 230 g/mol. The van der Waals surface area contributed by atoms with Crippen molar-refractivity contribution in [2.24, 2.45) is 0 Å².